The number of fused-ring (bicyclic) bond motifs is 1. The van der Waals surface area contributed by atoms with Crippen molar-refractivity contribution in [2.45, 2.75) is 71.1 Å². The molecule has 0 bridgehead atoms. The van der Waals surface area contributed by atoms with E-state index in [2.05, 4.69) is 42.5 Å². The molecule has 2 aromatic carbocycles. The standard InChI is InChI=1S/C40H43F3N8O4.C2H6/c1-54-30-16-15-27(32(22-30)55-2)23-47-37-34-35(25-11-13-26(14-12-25)38(52)49-33-21-29(17-20-45-33)40(41,42)43)50-51-36(34)28(24-48-37)9-6-4-3-5-7-18-46-39(53)31-10-8-19-44-31;1-2/h6,9,11-17,20-22,24,31,44H,3-5,7-8,10,18-19,23H2,1-2H3,(H,46,53)(H,47,48)(H,50,51)(H,45,49,52);1-2H3/b9-6+;. The zero-order chi connectivity index (χ0) is 40.8. The molecule has 1 atom stereocenters. The molecule has 5 N–H and O–H groups in total. The number of halogens is 3. The van der Waals surface area contributed by atoms with Crippen LogP contribution in [-0.2, 0) is 17.5 Å². The van der Waals surface area contributed by atoms with Crippen LogP contribution >= 0.6 is 0 Å². The van der Waals surface area contributed by atoms with Crippen molar-refractivity contribution in [1.29, 1.82) is 0 Å². The van der Waals surface area contributed by atoms with E-state index in [4.69, 9.17) is 14.5 Å². The summed E-state index contributed by atoms with van der Waals surface area (Å²) in [5.74, 6) is 1.16. The summed E-state index contributed by atoms with van der Waals surface area (Å²) in [4.78, 5) is 33.8. The number of aromatic amines is 1. The van der Waals surface area contributed by atoms with Gasteiger partial charge in [0, 0.05) is 53.8 Å². The van der Waals surface area contributed by atoms with Gasteiger partial charge in [-0.3, -0.25) is 14.7 Å². The maximum atomic E-state index is 13.2. The molecule has 1 aliphatic rings. The Bertz CT molecular complexity index is 2130. The Morgan fingerprint density at radius 1 is 0.982 bits per heavy atom. The van der Waals surface area contributed by atoms with Gasteiger partial charge < -0.3 is 30.7 Å². The molecule has 1 unspecified atom stereocenters. The number of ether oxygens (including phenoxy) is 2. The van der Waals surface area contributed by atoms with Gasteiger partial charge >= 0.3 is 6.18 Å². The lowest BCUT2D eigenvalue weighted by molar-refractivity contribution is -0.137. The number of methoxy groups -OCH3 is 2. The first-order chi connectivity index (χ1) is 27.6. The second-order valence-corrected chi connectivity index (χ2v) is 13.1. The monoisotopic (exact) mass is 786 g/mol. The Morgan fingerprint density at radius 2 is 1.79 bits per heavy atom. The quantitative estimate of drug-likeness (QED) is 0.0621. The number of rotatable bonds is 16. The maximum Gasteiger partial charge on any atom is 0.416 e. The predicted octanol–water partition coefficient (Wildman–Crippen LogP) is 8.39. The van der Waals surface area contributed by atoms with Gasteiger partial charge in [0.05, 0.1) is 36.9 Å². The molecule has 15 heteroatoms. The highest BCUT2D eigenvalue weighted by Gasteiger charge is 2.31. The van der Waals surface area contributed by atoms with E-state index in [1.807, 2.05) is 38.1 Å². The molecular weight excluding hydrogens is 738 g/mol. The number of pyridine rings is 2. The van der Waals surface area contributed by atoms with Crippen LogP contribution in [0.4, 0.5) is 24.8 Å². The van der Waals surface area contributed by atoms with Crippen LogP contribution in [0.1, 0.15) is 79.4 Å². The first-order valence-corrected chi connectivity index (χ1v) is 19.1. The predicted molar refractivity (Wildman–Crippen MR) is 216 cm³/mol. The van der Waals surface area contributed by atoms with E-state index < -0.39 is 17.6 Å². The summed E-state index contributed by atoms with van der Waals surface area (Å²) in [5.41, 5.74) is 3.06. The van der Waals surface area contributed by atoms with Crippen molar-refractivity contribution in [2.75, 3.05) is 37.9 Å². The molecule has 0 saturated carbocycles. The van der Waals surface area contributed by atoms with Gasteiger partial charge in [-0.25, -0.2) is 9.97 Å². The highest BCUT2D eigenvalue weighted by molar-refractivity contribution is 6.06. The van der Waals surface area contributed by atoms with Crippen LogP contribution in [-0.4, -0.2) is 65.3 Å². The highest BCUT2D eigenvalue weighted by Crippen LogP contribution is 2.35. The number of carbonyl (C=O) groups is 2. The van der Waals surface area contributed by atoms with Crippen molar-refractivity contribution in [3.8, 4) is 22.8 Å². The Labute approximate surface area is 330 Å². The summed E-state index contributed by atoms with van der Waals surface area (Å²) in [5, 5.41) is 20.7. The van der Waals surface area contributed by atoms with Crippen LogP contribution in [0.2, 0.25) is 0 Å². The van der Waals surface area contributed by atoms with E-state index in [1.165, 1.54) is 0 Å². The summed E-state index contributed by atoms with van der Waals surface area (Å²) in [7, 11) is 3.19. The summed E-state index contributed by atoms with van der Waals surface area (Å²) in [6, 6.07) is 13.7. The molecule has 2 amide bonds. The van der Waals surface area contributed by atoms with Crippen molar-refractivity contribution in [3.63, 3.8) is 0 Å². The summed E-state index contributed by atoms with van der Waals surface area (Å²) in [6.07, 6.45) is 7.90. The maximum absolute atomic E-state index is 13.2. The average molecular weight is 787 g/mol. The summed E-state index contributed by atoms with van der Waals surface area (Å²) < 4.78 is 50.5. The molecule has 1 fully saturated rings. The zero-order valence-electron chi connectivity index (χ0n) is 32.6. The third-order valence-corrected chi connectivity index (χ3v) is 9.34. The van der Waals surface area contributed by atoms with Gasteiger partial charge in [-0.15, -0.1) is 0 Å². The Hall–Kier alpha value is -5.96. The van der Waals surface area contributed by atoms with E-state index in [1.54, 1.807) is 44.7 Å². The van der Waals surface area contributed by atoms with Crippen molar-refractivity contribution in [2.24, 2.45) is 0 Å². The number of anilines is 2. The van der Waals surface area contributed by atoms with Gasteiger partial charge in [-0.2, -0.15) is 18.3 Å². The number of amides is 2. The Balaban J connectivity index is 0.00000305. The zero-order valence-corrected chi connectivity index (χ0v) is 32.6. The molecule has 12 nitrogen and oxygen atoms in total. The molecule has 0 spiro atoms. The minimum Gasteiger partial charge on any atom is -0.497 e. The van der Waals surface area contributed by atoms with Gasteiger partial charge in [0.15, 0.2) is 0 Å². The van der Waals surface area contributed by atoms with Gasteiger partial charge in [0.1, 0.15) is 28.7 Å². The van der Waals surface area contributed by atoms with E-state index in [-0.39, 0.29) is 23.3 Å². The molecule has 1 saturated heterocycles. The molecular formula is C42H49F3N8O4. The molecule has 0 aliphatic carbocycles. The van der Waals surface area contributed by atoms with E-state index in [0.29, 0.717) is 47.2 Å². The third-order valence-electron chi connectivity index (χ3n) is 9.34. The van der Waals surface area contributed by atoms with E-state index in [0.717, 1.165) is 79.9 Å². The largest absolute Gasteiger partial charge is 0.497 e. The molecule has 57 heavy (non-hydrogen) atoms. The van der Waals surface area contributed by atoms with Crippen LogP contribution in [0.3, 0.4) is 0 Å². The summed E-state index contributed by atoms with van der Waals surface area (Å²) >= 11 is 0. The minimum absolute atomic E-state index is 0.0624. The average Bonchev–Trinajstić information content (AvgIpc) is 3.94. The molecule has 6 rings (SSSR count). The first kappa shape index (κ1) is 42.2. The Morgan fingerprint density at radius 3 is 2.51 bits per heavy atom. The van der Waals surface area contributed by atoms with Crippen molar-refractivity contribution in [1.82, 2.24) is 30.8 Å². The molecule has 3 aromatic heterocycles. The number of allylic oxidation sites excluding steroid dienone is 1. The van der Waals surface area contributed by atoms with E-state index in [9.17, 15) is 22.8 Å². The lowest BCUT2D eigenvalue weighted by Crippen LogP contribution is -2.40. The number of nitrogens with zero attached hydrogens (tertiary/aromatic N) is 3. The highest BCUT2D eigenvalue weighted by atomic mass is 19.4. The normalized spacial score (nSPS) is 13.9. The smallest absolute Gasteiger partial charge is 0.416 e. The fourth-order valence-corrected chi connectivity index (χ4v) is 6.35. The minimum atomic E-state index is -4.57. The lowest BCUT2D eigenvalue weighted by Gasteiger charge is -2.13. The number of unbranched alkanes of at least 4 members (excludes halogenated alkanes) is 3. The molecule has 4 heterocycles. The SMILES string of the molecule is CC.COc1ccc(CNc2ncc(/C=C/CCCCCNC(=O)C3CCCN3)c3n[nH]c(-c4ccc(C(=O)Nc5cc(C(F)(F)F)ccn5)cc4)c23)c(OC)c1. The van der Waals surface area contributed by atoms with Crippen LogP contribution in [0.25, 0.3) is 28.2 Å². The number of aromatic nitrogens is 4. The third kappa shape index (κ3) is 11.1. The molecule has 1 aliphatic heterocycles. The molecule has 302 valence electrons. The second-order valence-electron chi connectivity index (χ2n) is 13.1. The number of benzene rings is 2. The van der Waals surface area contributed by atoms with Crippen molar-refractivity contribution >= 4 is 40.4 Å². The molecule has 5 aromatic rings. The van der Waals surface area contributed by atoms with E-state index >= 15 is 0 Å². The van der Waals surface area contributed by atoms with Crippen LogP contribution < -0.4 is 30.7 Å². The van der Waals surface area contributed by atoms with Gasteiger partial charge in [-0.05, 0) is 75.0 Å². The Kier molecular flexibility index (Phi) is 15.0. The van der Waals surface area contributed by atoms with Gasteiger partial charge in [0.25, 0.3) is 5.91 Å². The fraction of sp³-hybridized carbons (Fsp3) is 0.357. The number of nitrogens with one attached hydrogen (secondary N) is 5. The van der Waals surface area contributed by atoms with Crippen LogP contribution in [0.15, 0.2) is 73.1 Å². The second kappa shape index (κ2) is 20.3. The fourth-order valence-electron chi connectivity index (χ4n) is 6.35. The van der Waals surface area contributed by atoms with Crippen molar-refractivity contribution in [3.05, 3.63) is 95.3 Å². The number of alkyl halides is 3. The van der Waals surface area contributed by atoms with Gasteiger partial charge in [0.2, 0.25) is 5.91 Å². The van der Waals surface area contributed by atoms with Crippen LogP contribution in [0.5, 0.6) is 11.5 Å². The van der Waals surface area contributed by atoms with Crippen molar-refractivity contribution < 1.29 is 32.2 Å². The topological polar surface area (TPSA) is 155 Å². The lowest BCUT2D eigenvalue weighted by atomic mass is 10.0. The first-order valence-electron chi connectivity index (χ1n) is 19.1. The number of hydrogen-bond donors (Lipinski definition) is 5. The van der Waals surface area contributed by atoms with Gasteiger partial charge in [-0.1, -0.05) is 44.6 Å². The summed E-state index contributed by atoms with van der Waals surface area (Å²) in [6.45, 7) is 5.94. The number of carbonyl (C=O) groups excluding carboxylic acids is 2. The molecule has 0 radical (unpaired) electrons. The number of H-pyrrole nitrogens is 1. The van der Waals surface area contributed by atoms with Crippen LogP contribution in [0, 0.1) is 0 Å². The number of hydrogen-bond acceptors (Lipinski definition) is 9.